The van der Waals surface area contributed by atoms with Gasteiger partial charge in [-0.1, -0.05) is 33.8 Å². The van der Waals surface area contributed by atoms with E-state index >= 15 is 0 Å². The topological polar surface area (TPSA) is 84.0 Å². The van der Waals surface area contributed by atoms with Crippen molar-refractivity contribution in [3.63, 3.8) is 0 Å². The highest BCUT2D eigenvalue weighted by Gasteiger charge is 2.15. The second-order valence-corrected chi connectivity index (χ2v) is 7.74. The molecule has 3 rings (SSSR count). The van der Waals surface area contributed by atoms with E-state index < -0.39 is 11.7 Å². The number of thioether (sulfide) groups is 1. The van der Waals surface area contributed by atoms with Crippen molar-refractivity contribution >= 4 is 45.2 Å². The minimum atomic E-state index is -0.536. The van der Waals surface area contributed by atoms with Gasteiger partial charge in [0.25, 0.3) is 5.91 Å². The molecule has 0 atom stereocenters. The van der Waals surface area contributed by atoms with Crippen LogP contribution in [-0.2, 0) is 11.3 Å². The Balaban J connectivity index is 1.59. The summed E-state index contributed by atoms with van der Waals surface area (Å²) in [5.41, 5.74) is 1.33. The van der Waals surface area contributed by atoms with Crippen LogP contribution in [0.15, 0.2) is 70.6 Å². The lowest BCUT2D eigenvalue weighted by molar-refractivity contribution is -0.113. The van der Waals surface area contributed by atoms with Crippen molar-refractivity contribution in [3.05, 3.63) is 82.5 Å². The summed E-state index contributed by atoms with van der Waals surface area (Å²) in [7, 11) is 0. The highest BCUT2D eigenvalue weighted by atomic mass is 79.9. The SMILES string of the molecule is O=C(CSc1ncccc1C(=O)NCc1cccnc1)Nc1ccc(Br)cc1F. The molecule has 2 heterocycles. The number of carbonyl (C=O) groups excluding carboxylic acids is 2. The van der Waals surface area contributed by atoms with Gasteiger partial charge in [0.1, 0.15) is 10.8 Å². The van der Waals surface area contributed by atoms with Crippen LogP contribution in [0.1, 0.15) is 15.9 Å². The number of anilines is 1. The Hall–Kier alpha value is -2.78. The van der Waals surface area contributed by atoms with Gasteiger partial charge in [0.05, 0.1) is 17.0 Å². The number of pyridine rings is 2. The largest absolute Gasteiger partial charge is 0.348 e. The molecule has 0 radical (unpaired) electrons. The summed E-state index contributed by atoms with van der Waals surface area (Å²) in [6, 6.07) is 11.3. The normalized spacial score (nSPS) is 10.4. The van der Waals surface area contributed by atoms with Gasteiger partial charge in [-0.25, -0.2) is 9.37 Å². The van der Waals surface area contributed by atoms with Crippen molar-refractivity contribution in [2.75, 3.05) is 11.1 Å². The van der Waals surface area contributed by atoms with Gasteiger partial charge >= 0.3 is 0 Å². The monoisotopic (exact) mass is 474 g/mol. The molecule has 0 bridgehead atoms. The minimum absolute atomic E-state index is 0.0184. The van der Waals surface area contributed by atoms with Crippen LogP contribution >= 0.6 is 27.7 Å². The summed E-state index contributed by atoms with van der Waals surface area (Å²) >= 11 is 4.27. The van der Waals surface area contributed by atoms with E-state index in [0.29, 0.717) is 21.6 Å². The third kappa shape index (κ3) is 6.10. The van der Waals surface area contributed by atoms with Crippen molar-refractivity contribution in [1.82, 2.24) is 15.3 Å². The van der Waals surface area contributed by atoms with Crippen molar-refractivity contribution in [1.29, 1.82) is 0 Å². The first-order chi connectivity index (χ1) is 14.0. The first-order valence-electron chi connectivity index (χ1n) is 8.53. The number of nitrogens with one attached hydrogen (secondary N) is 2. The van der Waals surface area contributed by atoms with E-state index in [0.717, 1.165) is 17.3 Å². The summed E-state index contributed by atoms with van der Waals surface area (Å²) in [4.78, 5) is 32.9. The molecule has 2 amide bonds. The Morgan fingerprint density at radius 1 is 1.14 bits per heavy atom. The third-order valence-electron chi connectivity index (χ3n) is 3.74. The van der Waals surface area contributed by atoms with Crippen LogP contribution in [-0.4, -0.2) is 27.5 Å². The molecule has 9 heteroatoms. The second-order valence-electron chi connectivity index (χ2n) is 5.86. The van der Waals surface area contributed by atoms with Gasteiger partial charge in [-0.05, 0) is 42.0 Å². The molecule has 0 saturated heterocycles. The molecule has 6 nitrogen and oxygen atoms in total. The van der Waals surface area contributed by atoms with Gasteiger partial charge in [-0.15, -0.1) is 0 Å². The lowest BCUT2D eigenvalue weighted by atomic mass is 10.2. The molecule has 0 aliphatic heterocycles. The van der Waals surface area contributed by atoms with E-state index in [4.69, 9.17) is 0 Å². The Morgan fingerprint density at radius 3 is 2.72 bits per heavy atom. The Morgan fingerprint density at radius 2 is 1.97 bits per heavy atom. The average Bonchev–Trinajstić information content (AvgIpc) is 2.73. The highest BCUT2D eigenvalue weighted by molar-refractivity contribution is 9.10. The summed E-state index contributed by atoms with van der Waals surface area (Å²) < 4.78 is 14.4. The number of benzene rings is 1. The first-order valence-corrected chi connectivity index (χ1v) is 10.3. The van der Waals surface area contributed by atoms with Crippen LogP contribution in [0.5, 0.6) is 0 Å². The summed E-state index contributed by atoms with van der Waals surface area (Å²) in [5.74, 6) is -1.26. The zero-order chi connectivity index (χ0) is 20.6. The number of hydrogen-bond donors (Lipinski definition) is 2. The molecule has 0 spiro atoms. The fourth-order valence-corrected chi connectivity index (χ4v) is 3.49. The molecule has 2 N–H and O–H groups in total. The van der Waals surface area contributed by atoms with E-state index in [-0.39, 0.29) is 17.3 Å². The molecule has 1 aromatic carbocycles. The van der Waals surface area contributed by atoms with E-state index in [1.54, 1.807) is 42.9 Å². The van der Waals surface area contributed by atoms with Crippen LogP contribution in [0.25, 0.3) is 0 Å². The number of aromatic nitrogens is 2. The van der Waals surface area contributed by atoms with Gasteiger partial charge in [0.2, 0.25) is 5.91 Å². The number of halogens is 2. The summed E-state index contributed by atoms with van der Waals surface area (Å²) in [5, 5.41) is 5.74. The number of hydrogen-bond acceptors (Lipinski definition) is 5. The lowest BCUT2D eigenvalue weighted by Gasteiger charge is -2.10. The third-order valence-corrected chi connectivity index (χ3v) is 5.24. The molecular formula is C20H16BrFN4O2S. The van der Waals surface area contributed by atoms with E-state index in [2.05, 4.69) is 36.5 Å². The van der Waals surface area contributed by atoms with Crippen molar-refractivity contribution in [2.24, 2.45) is 0 Å². The number of rotatable bonds is 7. The highest BCUT2D eigenvalue weighted by Crippen LogP contribution is 2.22. The second kappa shape index (κ2) is 10.1. The Kier molecular flexibility index (Phi) is 7.31. The lowest BCUT2D eigenvalue weighted by Crippen LogP contribution is -2.24. The molecule has 3 aromatic rings. The predicted octanol–water partition coefficient (Wildman–Crippen LogP) is 4.04. The Labute approximate surface area is 179 Å². The molecule has 148 valence electrons. The smallest absolute Gasteiger partial charge is 0.254 e. The average molecular weight is 475 g/mol. The number of carbonyl (C=O) groups is 2. The van der Waals surface area contributed by atoms with Crippen LogP contribution in [0, 0.1) is 5.82 Å². The van der Waals surface area contributed by atoms with Gasteiger partial charge in [-0.3, -0.25) is 14.6 Å². The van der Waals surface area contributed by atoms with E-state index in [1.807, 2.05) is 6.07 Å². The molecule has 0 aliphatic rings. The number of amides is 2. The maximum atomic E-state index is 13.8. The Bertz CT molecular complexity index is 1020. The molecule has 0 unspecified atom stereocenters. The van der Waals surface area contributed by atoms with Crippen LogP contribution < -0.4 is 10.6 Å². The fourth-order valence-electron chi connectivity index (χ4n) is 2.37. The standard InChI is InChI=1S/C20H16BrFN4O2S/c21-14-5-6-17(16(22)9-14)26-18(27)12-29-20-15(4-2-8-24-20)19(28)25-11-13-3-1-7-23-10-13/h1-10H,11-12H2,(H,25,28)(H,26,27). The number of nitrogens with zero attached hydrogens (tertiary/aromatic N) is 2. The molecule has 0 aliphatic carbocycles. The zero-order valence-corrected chi connectivity index (χ0v) is 17.5. The zero-order valence-electron chi connectivity index (χ0n) is 15.1. The maximum Gasteiger partial charge on any atom is 0.254 e. The maximum absolute atomic E-state index is 13.8. The molecule has 29 heavy (non-hydrogen) atoms. The molecule has 2 aromatic heterocycles. The molecular weight excluding hydrogens is 459 g/mol. The van der Waals surface area contributed by atoms with Crippen molar-refractivity contribution < 1.29 is 14.0 Å². The quantitative estimate of drug-likeness (QED) is 0.504. The van der Waals surface area contributed by atoms with Crippen molar-refractivity contribution in [2.45, 2.75) is 11.6 Å². The van der Waals surface area contributed by atoms with Crippen LogP contribution in [0.3, 0.4) is 0 Å². The summed E-state index contributed by atoms with van der Waals surface area (Å²) in [6.07, 6.45) is 4.88. The van der Waals surface area contributed by atoms with E-state index in [1.165, 1.54) is 12.1 Å². The fraction of sp³-hybridized carbons (Fsp3) is 0.100. The van der Waals surface area contributed by atoms with Crippen molar-refractivity contribution in [3.8, 4) is 0 Å². The molecule has 0 fully saturated rings. The molecule has 0 saturated carbocycles. The van der Waals surface area contributed by atoms with E-state index in [9.17, 15) is 14.0 Å². The minimum Gasteiger partial charge on any atom is -0.348 e. The van der Waals surface area contributed by atoms with Crippen LogP contribution in [0.4, 0.5) is 10.1 Å². The summed E-state index contributed by atoms with van der Waals surface area (Å²) in [6.45, 7) is 0.328. The van der Waals surface area contributed by atoms with Crippen LogP contribution in [0.2, 0.25) is 0 Å². The van der Waals surface area contributed by atoms with Gasteiger partial charge in [0.15, 0.2) is 0 Å². The van der Waals surface area contributed by atoms with Gasteiger partial charge < -0.3 is 10.6 Å². The van der Waals surface area contributed by atoms with Gasteiger partial charge in [-0.2, -0.15) is 0 Å². The predicted molar refractivity (Wildman–Crippen MR) is 113 cm³/mol. The first kappa shape index (κ1) is 20.9. The van der Waals surface area contributed by atoms with Gasteiger partial charge in [0, 0.05) is 29.6 Å².